The predicted molar refractivity (Wildman–Crippen MR) is 61.2 cm³/mol. The van der Waals surface area contributed by atoms with Gasteiger partial charge in [0.15, 0.2) is 11.5 Å². The second-order valence-corrected chi connectivity index (χ2v) is 4.00. The molecule has 0 spiro atoms. The van der Waals surface area contributed by atoms with E-state index in [4.69, 9.17) is 9.47 Å². The fourth-order valence-corrected chi connectivity index (χ4v) is 1.62. The zero-order valence-corrected chi connectivity index (χ0v) is 9.72. The molecule has 1 aromatic rings. The monoisotopic (exact) mass is 261 g/mol. The Hall–Kier alpha value is -1.59. The molecule has 2 rings (SSSR count). The fraction of sp³-hybridized carbons (Fsp3) is 0.500. The van der Waals surface area contributed by atoms with E-state index >= 15 is 0 Å². The highest BCUT2D eigenvalue weighted by Crippen LogP contribution is 2.32. The Morgan fingerprint density at radius 3 is 2.56 bits per heavy atom. The number of hydrogen-bond acceptors (Lipinski definition) is 3. The van der Waals surface area contributed by atoms with Crippen molar-refractivity contribution < 1.29 is 22.6 Å². The fourth-order valence-electron chi connectivity index (χ4n) is 1.62. The Labute approximate surface area is 103 Å². The first kappa shape index (κ1) is 12.9. The van der Waals surface area contributed by atoms with E-state index in [-0.39, 0.29) is 6.54 Å². The molecule has 0 atom stereocenters. The Bertz CT molecular complexity index is 407. The van der Waals surface area contributed by atoms with Crippen LogP contribution in [0.25, 0.3) is 0 Å². The summed E-state index contributed by atoms with van der Waals surface area (Å²) in [7, 11) is 0. The summed E-state index contributed by atoms with van der Waals surface area (Å²) < 4.78 is 46.9. The number of anilines is 1. The Morgan fingerprint density at radius 2 is 1.83 bits per heavy atom. The van der Waals surface area contributed by atoms with E-state index in [9.17, 15) is 13.2 Å². The number of hydrogen-bond donors (Lipinski definition) is 1. The number of fused-ring (bicyclic) bond motifs is 1. The van der Waals surface area contributed by atoms with Gasteiger partial charge in [-0.25, -0.2) is 0 Å². The van der Waals surface area contributed by atoms with Gasteiger partial charge in [0.25, 0.3) is 0 Å². The lowest BCUT2D eigenvalue weighted by molar-refractivity contribution is -0.131. The Balaban J connectivity index is 1.96. The van der Waals surface area contributed by atoms with Gasteiger partial charge in [0.2, 0.25) is 0 Å². The minimum Gasteiger partial charge on any atom is -0.490 e. The Kier molecular flexibility index (Phi) is 3.84. The highest BCUT2D eigenvalue weighted by Gasteiger charge is 2.26. The van der Waals surface area contributed by atoms with Gasteiger partial charge in [-0.1, -0.05) is 0 Å². The molecule has 1 aliphatic rings. The van der Waals surface area contributed by atoms with Crippen molar-refractivity contribution in [1.82, 2.24) is 0 Å². The summed E-state index contributed by atoms with van der Waals surface area (Å²) in [5.74, 6) is 1.21. The van der Waals surface area contributed by atoms with Crippen molar-refractivity contribution in [3.8, 4) is 11.5 Å². The zero-order valence-electron chi connectivity index (χ0n) is 9.72. The molecule has 0 bridgehead atoms. The molecule has 18 heavy (non-hydrogen) atoms. The molecule has 1 heterocycles. The largest absolute Gasteiger partial charge is 0.490 e. The van der Waals surface area contributed by atoms with E-state index in [1.165, 1.54) is 0 Å². The normalized spacial score (nSPS) is 15.1. The first-order valence-corrected chi connectivity index (χ1v) is 5.75. The topological polar surface area (TPSA) is 30.5 Å². The van der Waals surface area contributed by atoms with Crippen LogP contribution in [0.15, 0.2) is 18.2 Å². The van der Waals surface area contributed by atoms with Crippen molar-refractivity contribution in [2.45, 2.75) is 19.0 Å². The lowest BCUT2D eigenvalue weighted by atomic mass is 10.2. The number of rotatable bonds is 3. The molecule has 0 aliphatic carbocycles. The molecule has 0 aromatic heterocycles. The first-order chi connectivity index (χ1) is 8.54. The minimum absolute atomic E-state index is 0.150. The average Bonchev–Trinajstić information content (AvgIpc) is 2.51. The van der Waals surface area contributed by atoms with E-state index < -0.39 is 12.6 Å². The third-order valence-corrected chi connectivity index (χ3v) is 2.49. The van der Waals surface area contributed by atoms with E-state index in [1.807, 2.05) is 0 Å². The molecule has 100 valence electrons. The molecule has 6 heteroatoms. The second kappa shape index (κ2) is 5.37. The standard InChI is InChI=1S/C12H14F3NO2/c13-12(14,15)4-5-16-9-2-3-10-11(8-9)18-7-1-6-17-10/h2-3,8,16H,1,4-7H2. The Morgan fingerprint density at radius 1 is 1.11 bits per heavy atom. The lowest BCUT2D eigenvalue weighted by Gasteiger charge is -2.12. The van der Waals surface area contributed by atoms with Gasteiger partial charge in [-0.15, -0.1) is 0 Å². The molecular formula is C12H14F3NO2. The predicted octanol–water partition coefficient (Wildman–Crippen LogP) is 3.21. The summed E-state index contributed by atoms with van der Waals surface area (Å²) in [6, 6.07) is 5.05. The quantitative estimate of drug-likeness (QED) is 0.906. The van der Waals surface area contributed by atoms with E-state index in [0.29, 0.717) is 30.4 Å². The second-order valence-electron chi connectivity index (χ2n) is 4.00. The van der Waals surface area contributed by atoms with Crippen LogP contribution in [0, 0.1) is 0 Å². The number of benzene rings is 1. The van der Waals surface area contributed by atoms with Crippen molar-refractivity contribution in [2.75, 3.05) is 25.1 Å². The van der Waals surface area contributed by atoms with Gasteiger partial charge < -0.3 is 14.8 Å². The summed E-state index contributed by atoms with van der Waals surface area (Å²) in [4.78, 5) is 0. The molecule has 1 N–H and O–H groups in total. The number of ether oxygens (including phenoxy) is 2. The van der Waals surface area contributed by atoms with Gasteiger partial charge in [0.1, 0.15) is 0 Å². The minimum atomic E-state index is -4.14. The highest BCUT2D eigenvalue weighted by atomic mass is 19.4. The van der Waals surface area contributed by atoms with Crippen LogP contribution in [0.2, 0.25) is 0 Å². The SMILES string of the molecule is FC(F)(F)CCNc1ccc2c(c1)OCCCO2. The van der Waals surface area contributed by atoms with Gasteiger partial charge in [-0.3, -0.25) is 0 Å². The van der Waals surface area contributed by atoms with Crippen LogP contribution in [-0.2, 0) is 0 Å². The zero-order chi connectivity index (χ0) is 13.0. The van der Waals surface area contributed by atoms with Gasteiger partial charge >= 0.3 is 6.18 Å². The molecule has 0 radical (unpaired) electrons. The van der Waals surface area contributed by atoms with Gasteiger partial charge in [0.05, 0.1) is 19.6 Å². The molecular weight excluding hydrogens is 247 g/mol. The van der Waals surface area contributed by atoms with Crippen LogP contribution in [0.5, 0.6) is 11.5 Å². The summed E-state index contributed by atoms with van der Waals surface area (Å²) >= 11 is 0. The van der Waals surface area contributed by atoms with E-state index in [2.05, 4.69) is 5.32 Å². The number of alkyl halides is 3. The molecule has 1 aliphatic heterocycles. The molecule has 0 unspecified atom stereocenters. The molecule has 0 saturated carbocycles. The van der Waals surface area contributed by atoms with Crippen LogP contribution in [0.1, 0.15) is 12.8 Å². The maximum atomic E-state index is 12.0. The maximum absolute atomic E-state index is 12.0. The third kappa shape index (κ3) is 3.72. The van der Waals surface area contributed by atoms with Gasteiger partial charge in [0, 0.05) is 24.7 Å². The van der Waals surface area contributed by atoms with Crippen molar-refractivity contribution >= 4 is 5.69 Å². The molecule has 0 saturated heterocycles. The number of halogens is 3. The van der Waals surface area contributed by atoms with Crippen LogP contribution < -0.4 is 14.8 Å². The van der Waals surface area contributed by atoms with E-state index in [0.717, 1.165) is 6.42 Å². The first-order valence-electron chi connectivity index (χ1n) is 5.75. The lowest BCUT2D eigenvalue weighted by Crippen LogP contribution is -2.14. The van der Waals surface area contributed by atoms with Crippen molar-refractivity contribution in [2.24, 2.45) is 0 Å². The molecule has 3 nitrogen and oxygen atoms in total. The van der Waals surface area contributed by atoms with Gasteiger partial charge in [-0.2, -0.15) is 13.2 Å². The summed E-state index contributed by atoms with van der Waals surface area (Å²) in [5, 5.41) is 2.72. The summed E-state index contributed by atoms with van der Waals surface area (Å²) in [6.45, 7) is 0.996. The van der Waals surface area contributed by atoms with Crippen LogP contribution in [0.3, 0.4) is 0 Å². The van der Waals surface area contributed by atoms with Crippen molar-refractivity contribution in [3.05, 3.63) is 18.2 Å². The third-order valence-electron chi connectivity index (χ3n) is 2.49. The van der Waals surface area contributed by atoms with Crippen LogP contribution in [-0.4, -0.2) is 25.9 Å². The smallest absolute Gasteiger partial charge is 0.390 e. The van der Waals surface area contributed by atoms with Crippen molar-refractivity contribution in [1.29, 1.82) is 0 Å². The summed E-state index contributed by atoms with van der Waals surface area (Å²) in [6.07, 6.45) is -4.20. The molecule has 0 amide bonds. The highest BCUT2D eigenvalue weighted by molar-refractivity contribution is 5.54. The van der Waals surface area contributed by atoms with Gasteiger partial charge in [-0.05, 0) is 12.1 Å². The maximum Gasteiger partial charge on any atom is 0.390 e. The van der Waals surface area contributed by atoms with E-state index in [1.54, 1.807) is 18.2 Å². The molecule has 0 fully saturated rings. The molecule has 1 aromatic carbocycles. The van der Waals surface area contributed by atoms with Crippen molar-refractivity contribution in [3.63, 3.8) is 0 Å². The average molecular weight is 261 g/mol. The van der Waals surface area contributed by atoms with Crippen LogP contribution >= 0.6 is 0 Å². The summed E-state index contributed by atoms with van der Waals surface area (Å²) in [5.41, 5.74) is 0.600. The van der Waals surface area contributed by atoms with Crippen LogP contribution in [0.4, 0.5) is 18.9 Å². The number of nitrogens with one attached hydrogen (secondary N) is 1.